The molecule has 3 aromatic rings. The van der Waals surface area contributed by atoms with Crippen LogP contribution in [0.15, 0.2) is 65.8 Å². The number of anilines is 1. The van der Waals surface area contributed by atoms with Gasteiger partial charge in [-0.05, 0) is 35.2 Å². The van der Waals surface area contributed by atoms with E-state index in [4.69, 9.17) is 4.74 Å². The lowest BCUT2D eigenvalue weighted by molar-refractivity contribution is -0.119. The number of hydrogen-bond donors (Lipinski definition) is 1. The van der Waals surface area contributed by atoms with Crippen molar-refractivity contribution in [2.75, 3.05) is 23.0 Å². The first-order chi connectivity index (χ1) is 14.7. The summed E-state index contributed by atoms with van der Waals surface area (Å²) in [5.41, 5.74) is 4.72. The number of benzene rings is 3. The lowest BCUT2D eigenvalue weighted by atomic mass is 10.1. The van der Waals surface area contributed by atoms with Gasteiger partial charge in [0.15, 0.2) is 0 Å². The molecule has 1 N–H and O–H groups in total. The third-order valence-corrected chi connectivity index (χ3v) is 6.34. The topological polar surface area (TPSA) is 71.0 Å². The fourth-order valence-electron chi connectivity index (χ4n) is 3.64. The van der Waals surface area contributed by atoms with E-state index in [1.165, 1.54) is 4.90 Å². The maximum absolute atomic E-state index is 12.8. The summed E-state index contributed by atoms with van der Waals surface area (Å²) < 4.78 is 5.86. The Kier molecular flexibility index (Phi) is 4.88. The molecule has 6 nitrogen and oxygen atoms in total. The van der Waals surface area contributed by atoms with Gasteiger partial charge in [-0.2, -0.15) is 16.9 Å². The molecular formula is C23H19N3O3S. The van der Waals surface area contributed by atoms with Crippen LogP contribution >= 0.6 is 11.8 Å². The van der Waals surface area contributed by atoms with Crippen LogP contribution in [0, 0.1) is 0 Å². The molecule has 0 aromatic heterocycles. The Morgan fingerprint density at radius 2 is 1.97 bits per heavy atom. The Labute approximate surface area is 177 Å². The fourth-order valence-corrected chi connectivity index (χ4v) is 4.20. The Bertz CT molecular complexity index is 1170. The van der Waals surface area contributed by atoms with Gasteiger partial charge < -0.3 is 4.74 Å². The van der Waals surface area contributed by atoms with Gasteiger partial charge >= 0.3 is 0 Å². The summed E-state index contributed by atoms with van der Waals surface area (Å²) in [6, 6.07) is 18.9. The second-order valence-corrected chi connectivity index (χ2v) is 8.29. The number of hydrazone groups is 1. The van der Waals surface area contributed by atoms with Gasteiger partial charge in [-0.3, -0.25) is 14.5 Å². The number of nitrogens with zero attached hydrogens (tertiary/aromatic N) is 2. The molecule has 0 radical (unpaired) electrons. The van der Waals surface area contributed by atoms with E-state index in [-0.39, 0.29) is 24.5 Å². The summed E-state index contributed by atoms with van der Waals surface area (Å²) in [5.74, 6) is 2.30. The van der Waals surface area contributed by atoms with Crippen molar-refractivity contribution in [3.63, 3.8) is 0 Å². The number of rotatable bonds is 6. The largest absolute Gasteiger partial charge is 0.489 e. The van der Waals surface area contributed by atoms with Crippen LogP contribution in [0.25, 0.3) is 10.8 Å². The zero-order valence-electron chi connectivity index (χ0n) is 16.1. The van der Waals surface area contributed by atoms with Gasteiger partial charge in [0, 0.05) is 22.5 Å². The molecule has 7 heteroatoms. The van der Waals surface area contributed by atoms with Gasteiger partial charge in [-0.1, -0.05) is 36.4 Å². The van der Waals surface area contributed by atoms with Crippen LogP contribution in [-0.4, -0.2) is 42.2 Å². The summed E-state index contributed by atoms with van der Waals surface area (Å²) in [5, 5.41) is 5.92. The van der Waals surface area contributed by atoms with E-state index in [1.54, 1.807) is 12.3 Å². The van der Waals surface area contributed by atoms with Gasteiger partial charge in [-0.15, -0.1) is 0 Å². The first kappa shape index (κ1) is 18.7. The van der Waals surface area contributed by atoms with Gasteiger partial charge in [-0.25, -0.2) is 5.43 Å². The molecule has 2 heterocycles. The monoisotopic (exact) mass is 417 g/mol. The second-order valence-electron chi connectivity index (χ2n) is 7.22. The van der Waals surface area contributed by atoms with Crippen LogP contribution in [0.3, 0.4) is 0 Å². The minimum absolute atomic E-state index is 0.0908. The number of nitrogens with one attached hydrogen (secondary N) is 1. The summed E-state index contributed by atoms with van der Waals surface area (Å²) >= 11 is 1.87. The number of carbonyl (C=O) groups excluding carboxylic acids is 2. The molecule has 2 amide bonds. The molecule has 0 spiro atoms. The van der Waals surface area contributed by atoms with E-state index < -0.39 is 0 Å². The molecule has 30 heavy (non-hydrogen) atoms. The van der Waals surface area contributed by atoms with Crippen LogP contribution in [0.1, 0.15) is 15.9 Å². The maximum Gasteiger partial charge on any atom is 0.260 e. The van der Waals surface area contributed by atoms with Crippen molar-refractivity contribution in [1.82, 2.24) is 5.43 Å². The highest BCUT2D eigenvalue weighted by atomic mass is 32.2. The minimum Gasteiger partial charge on any atom is -0.489 e. The van der Waals surface area contributed by atoms with Crippen molar-refractivity contribution in [1.29, 1.82) is 0 Å². The standard InChI is InChI=1S/C23H19N3O3S/c27-21(25-24-11-15-4-1-7-17(10-15)29-18-13-30-14-18)12-26-20-9-3-6-16-5-2-8-19(22(16)20)23(26)28/h1-11,18H,12-14H2,(H,25,27)/b24-11-. The summed E-state index contributed by atoms with van der Waals surface area (Å²) in [4.78, 5) is 26.7. The smallest absolute Gasteiger partial charge is 0.260 e. The van der Waals surface area contributed by atoms with Gasteiger partial charge in [0.2, 0.25) is 0 Å². The first-order valence-electron chi connectivity index (χ1n) is 9.69. The van der Waals surface area contributed by atoms with Gasteiger partial charge in [0.25, 0.3) is 11.8 Å². The number of ether oxygens (including phenoxy) is 1. The third kappa shape index (κ3) is 3.52. The van der Waals surface area contributed by atoms with Crippen molar-refractivity contribution >= 4 is 46.3 Å². The van der Waals surface area contributed by atoms with Crippen LogP contribution in [0.2, 0.25) is 0 Å². The fraction of sp³-hybridized carbons (Fsp3) is 0.174. The molecule has 0 atom stereocenters. The summed E-state index contributed by atoms with van der Waals surface area (Å²) in [7, 11) is 0. The van der Waals surface area contributed by atoms with Crippen molar-refractivity contribution in [3.05, 3.63) is 71.8 Å². The Morgan fingerprint density at radius 3 is 2.77 bits per heavy atom. The highest BCUT2D eigenvalue weighted by Gasteiger charge is 2.30. The average Bonchev–Trinajstić information content (AvgIpc) is 2.99. The molecule has 0 aliphatic carbocycles. The van der Waals surface area contributed by atoms with Crippen molar-refractivity contribution in [2.24, 2.45) is 5.10 Å². The van der Waals surface area contributed by atoms with Crippen molar-refractivity contribution in [2.45, 2.75) is 6.10 Å². The molecule has 2 aliphatic heterocycles. The molecule has 3 aromatic carbocycles. The number of amides is 2. The lowest BCUT2D eigenvalue weighted by Crippen LogP contribution is -2.37. The van der Waals surface area contributed by atoms with Crippen LogP contribution in [0.4, 0.5) is 5.69 Å². The van der Waals surface area contributed by atoms with Crippen molar-refractivity contribution < 1.29 is 14.3 Å². The van der Waals surface area contributed by atoms with E-state index in [9.17, 15) is 9.59 Å². The SMILES string of the molecule is O=C(CN1C(=O)c2cccc3cccc1c23)N/N=C\c1cccc(OC2CSC2)c1. The van der Waals surface area contributed by atoms with E-state index >= 15 is 0 Å². The maximum atomic E-state index is 12.8. The van der Waals surface area contributed by atoms with Crippen LogP contribution in [-0.2, 0) is 4.79 Å². The molecule has 150 valence electrons. The van der Waals surface area contributed by atoms with Gasteiger partial charge in [0.05, 0.1) is 11.9 Å². The Hall–Kier alpha value is -3.32. The van der Waals surface area contributed by atoms with E-state index in [2.05, 4.69) is 10.5 Å². The number of thioether (sulfide) groups is 1. The van der Waals surface area contributed by atoms with Crippen LogP contribution in [0.5, 0.6) is 5.75 Å². The van der Waals surface area contributed by atoms with Gasteiger partial charge in [0.1, 0.15) is 18.4 Å². The predicted octanol–water partition coefficient (Wildman–Crippen LogP) is 3.44. The van der Waals surface area contributed by atoms with Crippen molar-refractivity contribution in [3.8, 4) is 5.75 Å². The minimum atomic E-state index is -0.358. The second kappa shape index (κ2) is 7.84. The molecular weight excluding hydrogens is 398 g/mol. The molecule has 2 aliphatic rings. The molecule has 1 fully saturated rings. The molecule has 0 bridgehead atoms. The molecule has 0 saturated carbocycles. The van der Waals surface area contributed by atoms with E-state index in [0.29, 0.717) is 5.56 Å². The average molecular weight is 417 g/mol. The first-order valence-corrected chi connectivity index (χ1v) is 10.8. The molecule has 5 rings (SSSR count). The molecule has 1 saturated heterocycles. The van der Waals surface area contributed by atoms with Crippen LogP contribution < -0.4 is 15.1 Å². The summed E-state index contributed by atoms with van der Waals surface area (Å²) in [6.07, 6.45) is 1.84. The lowest BCUT2D eigenvalue weighted by Gasteiger charge is -2.25. The highest BCUT2D eigenvalue weighted by Crippen LogP contribution is 2.36. The summed E-state index contributed by atoms with van der Waals surface area (Å²) in [6.45, 7) is -0.0908. The quantitative estimate of drug-likeness (QED) is 0.493. The van der Waals surface area contributed by atoms with E-state index in [0.717, 1.165) is 39.3 Å². The van der Waals surface area contributed by atoms with E-state index in [1.807, 2.05) is 66.4 Å². The third-order valence-electron chi connectivity index (χ3n) is 5.12. The Morgan fingerprint density at radius 1 is 1.17 bits per heavy atom. The predicted molar refractivity (Wildman–Crippen MR) is 120 cm³/mol. The number of hydrogen-bond acceptors (Lipinski definition) is 5. The zero-order valence-corrected chi connectivity index (χ0v) is 16.9. The highest BCUT2D eigenvalue weighted by molar-refractivity contribution is 8.00. The molecule has 0 unspecified atom stereocenters. The normalized spacial score (nSPS) is 15.6. The Balaban J connectivity index is 1.23. The number of carbonyl (C=O) groups is 2. The zero-order chi connectivity index (χ0) is 20.5.